The minimum absolute atomic E-state index is 0.150. The van der Waals surface area contributed by atoms with E-state index in [9.17, 15) is 0 Å². The zero-order chi connectivity index (χ0) is 20.4. The van der Waals surface area contributed by atoms with Crippen molar-refractivity contribution in [2.45, 2.75) is 24.4 Å². The van der Waals surface area contributed by atoms with Crippen LogP contribution in [0.3, 0.4) is 0 Å². The fourth-order valence-electron chi connectivity index (χ4n) is 2.02. The maximum absolute atomic E-state index is 6.40. The molecule has 0 amide bonds. The number of rotatable bonds is 13. The van der Waals surface area contributed by atoms with Gasteiger partial charge in [-0.15, -0.1) is 0 Å². The van der Waals surface area contributed by atoms with Crippen molar-refractivity contribution in [1.82, 2.24) is 0 Å². The van der Waals surface area contributed by atoms with Gasteiger partial charge in [0.2, 0.25) is 0 Å². The summed E-state index contributed by atoms with van der Waals surface area (Å²) in [5.74, 6) is 0. The van der Waals surface area contributed by atoms with E-state index >= 15 is 0 Å². The number of hydrogen-bond acceptors (Lipinski definition) is 9. The Hall–Kier alpha value is 4.64. The van der Waals surface area contributed by atoms with Crippen molar-refractivity contribution in [2.24, 2.45) is 0 Å². The summed E-state index contributed by atoms with van der Waals surface area (Å²) in [5.41, 5.74) is 0. The predicted octanol–water partition coefficient (Wildman–Crippen LogP) is 7.42. The van der Waals surface area contributed by atoms with E-state index in [1.54, 1.807) is 22.0 Å². The van der Waals surface area contributed by atoms with E-state index in [2.05, 4.69) is 61.4 Å². The summed E-state index contributed by atoms with van der Waals surface area (Å²) >= 11 is 6.29. The Morgan fingerprint density at radius 3 is 2.07 bits per heavy atom. The molecule has 1 saturated heterocycles. The van der Waals surface area contributed by atoms with Crippen molar-refractivity contribution in [3.8, 4) is 0 Å². The third kappa shape index (κ3) is 12.6. The van der Waals surface area contributed by atoms with Gasteiger partial charge in [-0.2, -0.15) is 0 Å². The quantitative estimate of drug-likeness (QED) is 0.158. The van der Waals surface area contributed by atoms with Crippen LogP contribution in [0.1, 0.15) is 0 Å². The highest BCUT2D eigenvalue weighted by Crippen LogP contribution is 2.59. The van der Waals surface area contributed by atoms with Gasteiger partial charge in [-0.3, -0.25) is 0 Å². The summed E-state index contributed by atoms with van der Waals surface area (Å²) in [6.07, 6.45) is -0.759. The van der Waals surface area contributed by atoms with Crippen molar-refractivity contribution in [1.29, 1.82) is 0 Å². The van der Waals surface area contributed by atoms with Gasteiger partial charge in [0.25, 0.3) is 0 Å². The maximum atomic E-state index is 6.40. The van der Waals surface area contributed by atoms with Gasteiger partial charge in [0, 0.05) is 23.3 Å². The molecular weight excluding hydrogens is 576 g/mol. The Bertz CT molecular complexity index is 407. The van der Waals surface area contributed by atoms with Crippen LogP contribution in [0.5, 0.6) is 0 Å². The van der Waals surface area contributed by atoms with Crippen LogP contribution >= 0.6 is 108 Å². The molecule has 1 heterocycles. The average molecular weight is 604 g/mol. The van der Waals surface area contributed by atoms with E-state index in [0.29, 0.717) is 13.2 Å². The summed E-state index contributed by atoms with van der Waals surface area (Å²) in [7, 11) is 9.68. The zero-order valence-corrected chi connectivity index (χ0v) is 27.0. The number of hydrogen-bond donors (Lipinski definition) is 0. The van der Waals surface area contributed by atoms with E-state index in [1.807, 2.05) is 0 Å². The predicted molar refractivity (Wildman–Crippen MR) is 151 cm³/mol. The van der Waals surface area contributed by atoms with E-state index in [4.69, 9.17) is 22.2 Å². The molecule has 1 aliphatic rings. The van der Waals surface area contributed by atoms with Gasteiger partial charge in [0.05, 0.1) is 27.9 Å². The molecule has 1 rings (SSSR count). The molecule has 0 saturated carbocycles. The molecule has 1 fully saturated rings. The normalized spacial score (nSPS) is 30.7. The lowest BCUT2D eigenvalue weighted by molar-refractivity contribution is -0.161. The summed E-state index contributed by atoms with van der Waals surface area (Å²) < 4.78 is 30.8. The van der Waals surface area contributed by atoms with E-state index in [0.717, 1.165) is 0 Å². The van der Waals surface area contributed by atoms with Crippen LogP contribution in [-0.2, 0) is 22.2 Å². The highest BCUT2D eigenvalue weighted by atomic mass is 33.1. The first-order valence-electron chi connectivity index (χ1n) is 7.54. The highest BCUT2D eigenvalue weighted by molar-refractivity contribution is 8.78. The van der Waals surface area contributed by atoms with Crippen molar-refractivity contribution >= 4 is 108 Å². The molecule has 0 N–H and O–H groups in total. The molecule has 0 bridgehead atoms. The van der Waals surface area contributed by atoms with Gasteiger partial charge in [-0.25, -0.2) is 0 Å². The van der Waals surface area contributed by atoms with Gasteiger partial charge >= 0.3 is 0 Å². The molecule has 0 aromatic heterocycles. The van der Waals surface area contributed by atoms with Crippen LogP contribution in [0.4, 0.5) is 0 Å². The minimum atomic E-state index is -0.648. The van der Waals surface area contributed by atoms with Crippen molar-refractivity contribution < 1.29 is 22.2 Å². The van der Waals surface area contributed by atoms with Crippen LogP contribution < -0.4 is 0 Å². The lowest BCUT2D eigenvalue weighted by Crippen LogP contribution is -2.55. The molecular formula is C10H28O5P8S4. The van der Waals surface area contributed by atoms with E-state index in [-0.39, 0.29) is 38.0 Å². The van der Waals surface area contributed by atoms with Crippen molar-refractivity contribution in [3.63, 3.8) is 0 Å². The van der Waals surface area contributed by atoms with Crippen LogP contribution in [0.2, 0.25) is 0 Å². The largest absolute Gasteiger partial charge is 0.370 e. The molecule has 0 spiro atoms. The lowest BCUT2D eigenvalue weighted by atomic mass is 10.0. The molecule has 12 atom stereocenters. The van der Waals surface area contributed by atoms with E-state index < -0.39 is 14.7 Å². The van der Waals surface area contributed by atoms with Gasteiger partial charge in [0.15, 0.2) is 0 Å². The Balaban J connectivity index is 2.92. The molecule has 0 radical (unpaired) electrons. The molecule has 162 valence electrons. The first-order valence-corrected chi connectivity index (χ1v) is 26.3. The second-order valence-corrected chi connectivity index (χ2v) is 30.2. The highest BCUT2D eigenvalue weighted by Gasteiger charge is 2.45. The molecule has 10 unspecified atom stereocenters. The molecule has 0 aromatic rings. The molecule has 27 heavy (non-hydrogen) atoms. The Labute approximate surface area is 193 Å². The summed E-state index contributed by atoms with van der Waals surface area (Å²) in [6, 6.07) is 0. The monoisotopic (exact) mass is 604 g/mol. The molecule has 0 aliphatic carbocycles. The average Bonchev–Trinajstić information content (AvgIpc) is 2.61. The van der Waals surface area contributed by atoms with Crippen molar-refractivity contribution in [2.75, 3.05) is 39.9 Å². The SMILES string of the molecule is CP(P)SOCC1OC[C@@H](OP(C)SP)[C@@H](OP(C)SP)C1OSP(C)P. The Morgan fingerprint density at radius 1 is 0.926 bits per heavy atom. The van der Waals surface area contributed by atoms with Crippen LogP contribution in [0, 0.1) is 0 Å². The van der Waals surface area contributed by atoms with Gasteiger partial charge in [-0.1, -0.05) is 56.7 Å². The Kier molecular flexibility index (Phi) is 18.8. The first-order chi connectivity index (χ1) is 12.8. The van der Waals surface area contributed by atoms with Gasteiger partial charge in [0.1, 0.15) is 24.4 Å². The minimum Gasteiger partial charge on any atom is -0.370 e. The Morgan fingerprint density at radius 2 is 1.52 bits per heavy atom. The second kappa shape index (κ2) is 17.1. The topological polar surface area (TPSA) is 46.2 Å². The van der Waals surface area contributed by atoms with Crippen molar-refractivity contribution in [3.05, 3.63) is 0 Å². The maximum Gasteiger partial charge on any atom is 0.130 e. The fraction of sp³-hybridized carbons (Fsp3) is 1.00. The zero-order valence-electron chi connectivity index (χ0n) is 15.5. The van der Waals surface area contributed by atoms with Gasteiger partial charge < -0.3 is 22.2 Å². The van der Waals surface area contributed by atoms with E-state index in [1.165, 1.54) is 23.3 Å². The smallest absolute Gasteiger partial charge is 0.130 e. The third-order valence-corrected chi connectivity index (χ3v) is 17.0. The molecule has 5 nitrogen and oxygen atoms in total. The summed E-state index contributed by atoms with van der Waals surface area (Å²) in [4.78, 5) is 0. The first kappa shape index (κ1) is 29.7. The fourth-order valence-corrected chi connectivity index (χ4v) is 8.31. The molecule has 1 aliphatic heterocycles. The number of ether oxygens (including phenoxy) is 1. The summed E-state index contributed by atoms with van der Waals surface area (Å²) in [5, 5.41) is 0. The van der Waals surface area contributed by atoms with Crippen LogP contribution in [0.25, 0.3) is 0 Å². The van der Waals surface area contributed by atoms with Crippen LogP contribution in [-0.4, -0.2) is 64.3 Å². The molecule has 0 aromatic carbocycles. The summed E-state index contributed by atoms with van der Waals surface area (Å²) in [6.45, 7) is 8.82. The lowest BCUT2D eigenvalue weighted by Gasteiger charge is -2.42. The second-order valence-electron chi connectivity index (χ2n) is 5.26. The standard InChI is InChI=1S/C10H28O5P8S4/c1-20(26-18)13-8-5-11-7(6-12-24-22(3)16)10(15-25-23(4)17)9(8)14-21(2)27-19/h7-10H,5-6,16-19H2,1-4H3/t7?,8-,9-,10?,20?,21?,22?,23?/m1/s1. The molecule has 17 heteroatoms. The third-order valence-electron chi connectivity index (χ3n) is 3.06. The van der Waals surface area contributed by atoms with Gasteiger partial charge in [-0.05, 0) is 40.3 Å². The van der Waals surface area contributed by atoms with Crippen LogP contribution in [0.15, 0.2) is 0 Å².